The summed E-state index contributed by atoms with van der Waals surface area (Å²) in [5.74, 6) is -0.833. The lowest BCUT2D eigenvalue weighted by Gasteiger charge is -2.35. The Bertz CT molecular complexity index is 944. The van der Waals surface area contributed by atoms with Crippen molar-refractivity contribution in [3.05, 3.63) is 62.9 Å². The molecule has 0 bridgehead atoms. The summed E-state index contributed by atoms with van der Waals surface area (Å²) in [6.07, 6.45) is 1.51. The highest BCUT2D eigenvalue weighted by molar-refractivity contribution is 6.32. The SMILES string of the molecule is CCOC(=O)c1ccc(N2CCN(C(=O)c3cccnc3Cl)CC2)c([N+](=O)[O-])c1. The smallest absolute Gasteiger partial charge is 0.338 e. The topological polar surface area (TPSA) is 106 Å². The van der Waals surface area contributed by atoms with Gasteiger partial charge in [0.2, 0.25) is 0 Å². The quantitative estimate of drug-likeness (QED) is 0.318. The molecule has 152 valence electrons. The van der Waals surface area contributed by atoms with Gasteiger partial charge in [-0.25, -0.2) is 9.78 Å². The molecule has 0 radical (unpaired) electrons. The van der Waals surface area contributed by atoms with Crippen molar-refractivity contribution in [1.82, 2.24) is 9.88 Å². The van der Waals surface area contributed by atoms with Crippen LogP contribution in [0.4, 0.5) is 11.4 Å². The Hall–Kier alpha value is -3.20. The molecule has 0 aliphatic carbocycles. The normalized spacial score (nSPS) is 13.9. The van der Waals surface area contributed by atoms with E-state index in [-0.39, 0.29) is 28.9 Å². The number of hydrogen-bond acceptors (Lipinski definition) is 7. The zero-order chi connectivity index (χ0) is 21.0. The third kappa shape index (κ3) is 4.45. The lowest BCUT2D eigenvalue weighted by Crippen LogP contribution is -2.49. The first-order valence-electron chi connectivity index (χ1n) is 9.02. The number of ether oxygens (including phenoxy) is 1. The summed E-state index contributed by atoms with van der Waals surface area (Å²) < 4.78 is 4.90. The van der Waals surface area contributed by atoms with E-state index in [0.717, 1.165) is 0 Å². The summed E-state index contributed by atoms with van der Waals surface area (Å²) in [6.45, 7) is 3.42. The van der Waals surface area contributed by atoms with Gasteiger partial charge < -0.3 is 14.5 Å². The summed E-state index contributed by atoms with van der Waals surface area (Å²) in [4.78, 5) is 42.9. The number of carbonyl (C=O) groups excluding carboxylic acids is 2. The van der Waals surface area contributed by atoms with Crippen LogP contribution in [0.2, 0.25) is 5.15 Å². The molecule has 0 N–H and O–H groups in total. The molecular formula is C19H19ClN4O5. The van der Waals surface area contributed by atoms with Crippen molar-refractivity contribution in [1.29, 1.82) is 0 Å². The van der Waals surface area contributed by atoms with E-state index in [4.69, 9.17) is 16.3 Å². The Labute approximate surface area is 172 Å². The number of amides is 1. The van der Waals surface area contributed by atoms with Gasteiger partial charge in [0, 0.05) is 38.4 Å². The molecule has 0 spiro atoms. The van der Waals surface area contributed by atoms with Gasteiger partial charge in [0.05, 0.1) is 22.7 Å². The number of benzene rings is 1. The molecule has 2 heterocycles. The van der Waals surface area contributed by atoms with Gasteiger partial charge >= 0.3 is 5.97 Å². The van der Waals surface area contributed by atoms with Gasteiger partial charge in [-0.1, -0.05) is 11.6 Å². The Kier molecular flexibility index (Phi) is 6.28. The molecule has 1 aromatic heterocycles. The van der Waals surface area contributed by atoms with Crippen LogP contribution in [0.15, 0.2) is 36.5 Å². The van der Waals surface area contributed by atoms with Crippen LogP contribution in [0.3, 0.4) is 0 Å². The number of carbonyl (C=O) groups is 2. The number of piperazine rings is 1. The summed E-state index contributed by atoms with van der Waals surface area (Å²) in [5.41, 5.74) is 0.676. The molecule has 1 aliphatic heterocycles. The van der Waals surface area contributed by atoms with Gasteiger partial charge in [0.15, 0.2) is 0 Å². The summed E-state index contributed by atoms with van der Waals surface area (Å²) in [7, 11) is 0. The second-order valence-corrected chi connectivity index (χ2v) is 6.66. The van der Waals surface area contributed by atoms with Gasteiger partial charge in [0.25, 0.3) is 11.6 Å². The van der Waals surface area contributed by atoms with E-state index in [1.807, 2.05) is 4.90 Å². The molecule has 9 nitrogen and oxygen atoms in total. The van der Waals surface area contributed by atoms with E-state index >= 15 is 0 Å². The number of nitro benzene ring substituents is 1. The van der Waals surface area contributed by atoms with Crippen LogP contribution in [-0.2, 0) is 4.74 Å². The highest BCUT2D eigenvalue weighted by Crippen LogP contribution is 2.30. The molecular weight excluding hydrogens is 400 g/mol. The van der Waals surface area contributed by atoms with Crippen molar-refractivity contribution >= 4 is 34.9 Å². The lowest BCUT2D eigenvalue weighted by atomic mass is 10.1. The molecule has 1 amide bonds. The number of anilines is 1. The van der Waals surface area contributed by atoms with E-state index in [1.165, 1.54) is 18.3 Å². The monoisotopic (exact) mass is 418 g/mol. The number of nitrogens with zero attached hydrogens (tertiary/aromatic N) is 4. The molecule has 1 aliphatic rings. The van der Waals surface area contributed by atoms with Gasteiger partial charge in [-0.05, 0) is 31.2 Å². The van der Waals surface area contributed by atoms with E-state index in [9.17, 15) is 19.7 Å². The van der Waals surface area contributed by atoms with Crippen molar-refractivity contribution in [2.75, 3.05) is 37.7 Å². The van der Waals surface area contributed by atoms with Gasteiger partial charge in [0.1, 0.15) is 10.8 Å². The van der Waals surface area contributed by atoms with Crippen molar-refractivity contribution in [3.8, 4) is 0 Å². The zero-order valence-electron chi connectivity index (χ0n) is 15.7. The van der Waals surface area contributed by atoms with Crippen LogP contribution in [0.25, 0.3) is 0 Å². The number of pyridine rings is 1. The van der Waals surface area contributed by atoms with Gasteiger partial charge in [-0.15, -0.1) is 0 Å². The predicted molar refractivity (Wildman–Crippen MR) is 106 cm³/mol. The third-order valence-electron chi connectivity index (χ3n) is 4.58. The number of rotatable bonds is 5. The predicted octanol–water partition coefficient (Wildman–Crippen LogP) is 2.78. The Morgan fingerprint density at radius 3 is 2.59 bits per heavy atom. The number of nitro groups is 1. The van der Waals surface area contributed by atoms with Crippen LogP contribution in [0, 0.1) is 10.1 Å². The molecule has 1 saturated heterocycles. The van der Waals surface area contributed by atoms with Crippen molar-refractivity contribution in [3.63, 3.8) is 0 Å². The van der Waals surface area contributed by atoms with Crippen LogP contribution < -0.4 is 4.90 Å². The number of halogens is 1. The summed E-state index contributed by atoms with van der Waals surface area (Å²) >= 11 is 6.00. The molecule has 1 aromatic carbocycles. The van der Waals surface area contributed by atoms with E-state index in [2.05, 4.69) is 4.98 Å². The highest BCUT2D eigenvalue weighted by Gasteiger charge is 2.28. The average Bonchev–Trinajstić information content (AvgIpc) is 2.73. The van der Waals surface area contributed by atoms with Gasteiger partial charge in [-0.3, -0.25) is 14.9 Å². The minimum absolute atomic E-state index is 0.127. The van der Waals surface area contributed by atoms with E-state index in [1.54, 1.807) is 30.0 Å². The summed E-state index contributed by atoms with van der Waals surface area (Å²) in [5, 5.41) is 11.7. The van der Waals surface area contributed by atoms with Crippen molar-refractivity contribution < 1.29 is 19.2 Å². The first kappa shape index (κ1) is 20.5. The number of aromatic nitrogens is 1. The third-order valence-corrected chi connectivity index (χ3v) is 4.88. The maximum atomic E-state index is 12.6. The fraction of sp³-hybridized carbons (Fsp3) is 0.316. The maximum Gasteiger partial charge on any atom is 0.338 e. The number of hydrogen-bond donors (Lipinski definition) is 0. The molecule has 1 fully saturated rings. The van der Waals surface area contributed by atoms with Crippen LogP contribution >= 0.6 is 11.6 Å². The molecule has 3 rings (SSSR count). The highest BCUT2D eigenvalue weighted by atomic mass is 35.5. The molecule has 0 saturated carbocycles. The van der Waals surface area contributed by atoms with Crippen molar-refractivity contribution in [2.24, 2.45) is 0 Å². The second kappa shape index (κ2) is 8.87. The van der Waals surface area contributed by atoms with E-state index < -0.39 is 10.9 Å². The van der Waals surface area contributed by atoms with Crippen LogP contribution in [0.5, 0.6) is 0 Å². The molecule has 2 aromatic rings. The molecule has 29 heavy (non-hydrogen) atoms. The lowest BCUT2D eigenvalue weighted by molar-refractivity contribution is -0.384. The van der Waals surface area contributed by atoms with E-state index in [0.29, 0.717) is 37.4 Å². The fourth-order valence-electron chi connectivity index (χ4n) is 3.14. The number of esters is 1. The first-order valence-corrected chi connectivity index (χ1v) is 9.40. The Morgan fingerprint density at radius 2 is 1.97 bits per heavy atom. The minimum Gasteiger partial charge on any atom is -0.462 e. The standard InChI is InChI=1S/C19H19ClN4O5/c1-2-29-19(26)13-5-6-15(16(12-13)24(27)28)22-8-10-23(11-9-22)18(25)14-4-3-7-21-17(14)20/h3-7,12H,2,8-11H2,1H3. The molecule has 0 atom stereocenters. The largest absolute Gasteiger partial charge is 0.462 e. The van der Waals surface area contributed by atoms with Crippen LogP contribution in [-0.4, -0.2) is 59.5 Å². The fourth-order valence-corrected chi connectivity index (χ4v) is 3.35. The van der Waals surface area contributed by atoms with Gasteiger partial charge in [-0.2, -0.15) is 0 Å². The van der Waals surface area contributed by atoms with Crippen molar-refractivity contribution in [2.45, 2.75) is 6.92 Å². The molecule has 10 heteroatoms. The molecule has 0 unspecified atom stereocenters. The maximum absolute atomic E-state index is 12.6. The minimum atomic E-state index is -0.606. The zero-order valence-corrected chi connectivity index (χ0v) is 16.5. The summed E-state index contributed by atoms with van der Waals surface area (Å²) in [6, 6.07) is 7.53. The first-order chi connectivity index (χ1) is 13.9. The Balaban J connectivity index is 1.75. The average molecular weight is 419 g/mol. The Morgan fingerprint density at radius 1 is 1.24 bits per heavy atom. The van der Waals surface area contributed by atoms with Crippen LogP contribution in [0.1, 0.15) is 27.6 Å². The second-order valence-electron chi connectivity index (χ2n) is 6.30.